The fraction of sp³-hybridized carbons (Fsp3) is 0.0769. The molecule has 0 heterocycles. The van der Waals surface area contributed by atoms with E-state index in [4.69, 9.17) is 27.8 Å². The van der Waals surface area contributed by atoms with Crippen LogP contribution in [0.25, 0.3) is 0 Å². The van der Waals surface area contributed by atoms with Crippen molar-refractivity contribution in [3.05, 3.63) is 41.2 Å². The lowest BCUT2D eigenvalue weighted by atomic mass is 10.2. The van der Waals surface area contributed by atoms with Crippen molar-refractivity contribution < 1.29 is 9.13 Å². The maximum atomic E-state index is 14.0. The summed E-state index contributed by atoms with van der Waals surface area (Å²) in [5, 5.41) is 2.72. The molecule has 19 heavy (non-hydrogen) atoms. The van der Waals surface area contributed by atoms with Crippen molar-refractivity contribution in [3.8, 4) is 5.75 Å². The molecule has 0 spiro atoms. The van der Waals surface area contributed by atoms with Gasteiger partial charge in [-0.1, -0.05) is 11.6 Å². The van der Waals surface area contributed by atoms with E-state index in [0.717, 1.165) is 0 Å². The van der Waals surface area contributed by atoms with Crippen LogP contribution in [0.1, 0.15) is 0 Å². The normalized spacial score (nSPS) is 10.3. The van der Waals surface area contributed by atoms with Gasteiger partial charge in [0.25, 0.3) is 0 Å². The van der Waals surface area contributed by atoms with Crippen molar-refractivity contribution >= 4 is 34.4 Å². The van der Waals surface area contributed by atoms with Gasteiger partial charge in [-0.2, -0.15) is 0 Å². The zero-order chi connectivity index (χ0) is 14.0. The Hall–Kier alpha value is -2.14. The van der Waals surface area contributed by atoms with E-state index in [1.807, 2.05) is 0 Å². The van der Waals surface area contributed by atoms with Gasteiger partial charge < -0.3 is 21.5 Å². The molecule has 0 saturated carbocycles. The maximum absolute atomic E-state index is 14.0. The highest BCUT2D eigenvalue weighted by molar-refractivity contribution is 6.33. The van der Waals surface area contributed by atoms with Crippen LogP contribution in [0.3, 0.4) is 0 Å². The van der Waals surface area contributed by atoms with Crippen molar-refractivity contribution in [2.75, 3.05) is 23.9 Å². The van der Waals surface area contributed by atoms with Gasteiger partial charge in [-0.15, -0.1) is 0 Å². The third kappa shape index (κ3) is 2.66. The fourth-order valence-electron chi connectivity index (χ4n) is 1.61. The fourth-order valence-corrected chi connectivity index (χ4v) is 1.76. The third-order valence-electron chi connectivity index (χ3n) is 2.62. The number of benzene rings is 2. The highest BCUT2D eigenvalue weighted by Gasteiger charge is 2.14. The lowest BCUT2D eigenvalue weighted by Gasteiger charge is -2.13. The molecule has 0 amide bonds. The van der Waals surface area contributed by atoms with Crippen LogP contribution in [0.4, 0.5) is 27.1 Å². The number of rotatable bonds is 3. The molecule has 0 fully saturated rings. The average Bonchev–Trinajstić information content (AvgIpc) is 2.42. The molecule has 0 unspecified atom stereocenters. The molecule has 5 N–H and O–H groups in total. The van der Waals surface area contributed by atoms with Gasteiger partial charge in [-0.3, -0.25) is 0 Å². The Kier molecular flexibility index (Phi) is 3.66. The summed E-state index contributed by atoms with van der Waals surface area (Å²) in [6, 6.07) is 8.38. The van der Waals surface area contributed by atoms with Gasteiger partial charge >= 0.3 is 0 Å². The average molecular weight is 282 g/mol. The number of ether oxygens (including phenoxy) is 1. The summed E-state index contributed by atoms with van der Waals surface area (Å²) in [4.78, 5) is 0. The second-order valence-corrected chi connectivity index (χ2v) is 4.29. The molecule has 0 atom stereocenters. The number of anilines is 4. The third-order valence-corrected chi connectivity index (χ3v) is 3.01. The molecule has 0 aromatic heterocycles. The molecule has 4 nitrogen and oxygen atoms in total. The number of halogens is 2. The first-order valence-corrected chi connectivity index (χ1v) is 5.84. The number of nitrogens with one attached hydrogen (secondary N) is 1. The van der Waals surface area contributed by atoms with Crippen LogP contribution >= 0.6 is 11.6 Å². The number of hydrogen-bond acceptors (Lipinski definition) is 4. The number of methoxy groups -OCH3 is 1. The monoisotopic (exact) mass is 281 g/mol. The van der Waals surface area contributed by atoms with E-state index in [9.17, 15) is 4.39 Å². The first kappa shape index (κ1) is 13.3. The van der Waals surface area contributed by atoms with E-state index in [-0.39, 0.29) is 22.1 Å². The molecule has 0 aliphatic heterocycles. The molecule has 0 aliphatic rings. The number of nitrogens with two attached hydrogens (primary N) is 2. The van der Waals surface area contributed by atoms with Crippen molar-refractivity contribution in [3.63, 3.8) is 0 Å². The summed E-state index contributed by atoms with van der Waals surface area (Å²) in [6.07, 6.45) is 0. The second kappa shape index (κ2) is 5.24. The maximum Gasteiger partial charge on any atom is 0.169 e. The Morgan fingerprint density at radius 1 is 1.16 bits per heavy atom. The van der Waals surface area contributed by atoms with Crippen LogP contribution in [0.2, 0.25) is 5.02 Å². The quantitative estimate of drug-likeness (QED) is 0.754. The largest absolute Gasteiger partial charge is 0.497 e. The topological polar surface area (TPSA) is 73.3 Å². The molecule has 6 heteroatoms. The van der Waals surface area contributed by atoms with E-state index in [1.54, 1.807) is 31.4 Å². The molecular weight excluding hydrogens is 269 g/mol. The Labute approximate surface area is 115 Å². The minimum absolute atomic E-state index is 0.101. The van der Waals surface area contributed by atoms with Gasteiger partial charge in [0.1, 0.15) is 10.8 Å². The second-order valence-electron chi connectivity index (χ2n) is 3.91. The van der Waals surface area contributed by atoms with Gasteiger partial charge in [0.2, 0.25) is 0 Å². The highest BCUT2D eigenvalue weighted by atomic mass is 35.5. The predicted octanol–water partition coefficient (Wildman–Crippen LogP) is 3.40. The number of nitrogen functional groups attached to an aromatic ring is 2. The summed E-state index contributed by atoms with van der Waals surface area (Å²) < 4.78 is 19.0. The van der Waals surface area contributed by atoms with E-state index in [1.165, 1.54) is 6.07 Å². The summed E-state index contributed by atoms with van der Waals surface area (Å²) in [5.74, 6) is 0.0318. The van der Waals surface area contributed by atoms with Gasteiger partial charge in [0.15, 0.2) is 5.82 Å². The van der Waals surface area contributed by atoms with Crippen LogP contribution in [-0.2, 0) is 0 Å². The Bertz CT molecular complexity index is 602. The van der Waals surface area contributed by atoms with Crippen molar-refractivity contribution in [1.82, 2.24) is 0 Å². The molecule has 0 saturated heterocycles. The molecule has 0 aliphatic carbocycles. The van der Waals surface area contributed by atoms with Gasteiger partial charge in [-0.05, 0) is 30.3 Å². The minimum atomic E-state index is -0.671. The Balaban J connectivity index is 2.35. The molecule has 2 aromatic carbocycles. The molecule has 2 rings (SSSR count). The highest BCUT2D eigenvalue weighted by Crippen LogP contribution is 2.35. The SMILES string of the molecule is COc1ccc(Nc2c(N)cc(N)c(Cl)c2F)cc1. The van der Waals surface area contributed by atoms with Crippen molar-refractivity contribution in [1.29, 1.82) is 0 Å². The Morgan fingerprint density at radius 2 is 1.79 bits per heavy atom. The minimum Gasteiger partial charge on any atom is -0.497 e. The van der Waals surface area contributed by atoms with Crippen LogP contribution in [0.15, 0.2) is 30.3 Å². The number of hydrogen-bond donors (Lipinski definition) is 3. The van der Waals surface area contributed by atoms with Gasteiger partial charge in [0, 0.05) is 5.69 Å². The lowest BCUT2D eigenvalue weighted by Crippen LogP contribution is -2.02. The first-order chi connectivity index (χ1) is 9.02. The summed E-state index contributed by atoms with van der Waals surface area (Å²) >= 11 is 5.75. The van der Waals surface area contributed by atoms with Crippen LogP contribution in [-0.4, -0.2) is 7.11 Å². The lowest BCUT2D eigenvalue weighted by molar-refractivity contribution is 0.415. The van der Waals surface area contributed by atoms with Crippen LogP contribution < -0.4 is 21.5 Å². The van der Waals surface area contributed by atoms with Crippen LogP contribution in [0.5, 0.6) is 5.75 Å². The predicted molar refractivity (Wildman–Crippen MR) is 76.5 cm³/mol. The van der Waals surface area contributed by atoms with Crippen molar-refractivity contribution in [2.45, 2.75) is 0 Å². The molecule has 100 valence electrons. The smallest absolute Gasteiger partial charge is 0.169 e. The standard InChI is InChI=1S/C13H13ClFN3O/c1-19-8-4-2-7(3-5-8)18-13-10(17)6-9(16)11(14)12(13)15/h2-6,18H,16-17H2,1H3. The van der Waals surface area contributed by atoms with E-state index >= 15 is 0 Å². The Morgan fingerprint density at radius 3 is 2.37 bits per heavy atom. The van der Waals surface area contributed by atoms with Crippen LogP contribution in [0, 0.1) is 5.82 Å². The summed E-state index contributed by atoms with van der Waals surface area (Å²) in [6.45, 7) is 0. The molecular formula is C13H13ClFN3O. The van der Waals surface area contributed by atoms with Gasteiger partial charge in [-0.25, -0.2) is 4.39 Å². The summed E-state index contributed by atoms with van der Waals surface area (Å²) in [5.41, 5.74) is 12.3. The van der Waals surface area contributed by atoms with E-state index in [0.29, 0.717) is 11.4 Å². The van der Waals surface area contributed by atoms with Gasteiger partial charge in [0.05, 0.1) is 24.2 Å². The van der Waals surface area contributed by atoms with Crippen molar-refractivity contribution in [2.24, 2.45) is 0 Å². The molecule has 2 aromatic rings. The zero-order valence-corrected chi connectivity index (χ0v) is 11.0. The van der Waals surface area contributed by atoms with E-state index < -0.39 is 5.82 Å². The van der Waals surface area contributed by atoms with E-state index in [2.05, 4.69) is 5.32 Å². The summed E-state index contributed by atoms with van der Waals surface area (Å²) in [7, 11) is 1.57. The molecule has 0 bridgehead atoms. The molecule has 0 radical (unpaired) electrons. The zero-order valence-electron chi connectivity index (χ0n) is 10.2. The first-order valence-electron chi connectivity index (χ1n) is 5.47.